The van der Waals surface area contributed by atoms with Crippen LogP contribution in [0.2, 0.25) is 0 Å². The molecule has 0 atom stereocenters. The molecule has 0 radical (unpaired) electrons. The second kappa shape index (κ2) is 5.31. The molecule has 0 saturated carbocycles. The summed E-state index contributed by atoms with van der Waals surface area (Å²) < 4.78 is 13.9. The molecule has 21 heavy (non-hydrogen) atoms. The van der Waals surface area contributed by atoms with Gasteiger partial charge in [0.05, 0.1) is 18.3 Å². The monoisotopic (exact) mass is 352 g/mol. The lowest BCUT2D eigenvalue weighted by Gasteiger charge is -2.19. The number of halogens is 1. The van der Waals surface area contributed by atoms with E-state index in [9.17, 15) is 0 Å². The van der Waals surface area contributed by atoms with Crippen LogP contribution < -0.4 is 15.2 Å². The summed E-state index contributed by atoms with van der Waals surface area (Å²) in [7, 11) is 0. The fraction of sp³-hybridized carbons (Fsp3) is 0.429. The lowest BCUT2D eigenvalue weighted by molar-refractivity contribution is 0.171. The molecule has 1 aromatic heterocycles. The molecule has 6 nitrogen and oxygen atoms in total. The van der Waals surface area contributed by atoms with Crippen molar-refractivity contribution in [3.05, 3.63) is 34.1 Å². The normalized spacial score (nSPS) is 14.3. The average molecular weight is 353 g/mol. The Bertz CT molecular complexity index is 663. The van der Waals surface area contributed by atoms with Crippen LogP contribution in [0.4, 0.5) is 0 Å². The van der Waals surface area contributed by atoms with Gasteiger partial charge >= 0.3 is 0 Å². The summed E-state index contributed by atoms with van der Waals surface area (Å²) >= 11 is 3.56. The molecule has 2 aromatic rings. The number of rotatable bonds is 3. The van der Waals surface area contributed by atoms with Crippen LogP contribution in [-0.4, -0.2) is 28.2 Å². The molecule has 0 saturated heterocycles. The van der Waals surface area contributed by atoms with E-state index in [-0.39, 0.29) is 0 Å². The lowest BCUT2D eigenvalue weighted by Crippen LogP contribution is -2.29. The summed E-state index contributed by atoms with van der Waals surface area (Å²) in [5, 5.41) is 8.24. The minimum Gasteiger partial charge on any atom is -0.486 e. The van der Waals surface area contributed by atoms with Crippen molar-refractivity contribution >= 4 is 15.9 Å². The van der Waals surface area contributed by atoms with Crippen molar-refractivity contribution in [3.63, 3.8) is 0 Å². The SMILES string of the molecule is CC(C)(N)c1cn(Cc2cc3c(cc2Br)OCCO3)nn1. The van der Waals surface area contributed by atoms with Crippen LogP contribution >= 0.6 is 15.9 Å². The lowest BCUT2D eigenvalue weighted by atomic mass is 10.0. The number of hydrogen-bond acceptors (Lipinski definition) is 5. The highest BCUT2D eigenvalue weighted by Gasteiger charge is 2.19. The Hall–Kier alpha value is -1.60. The van der Waals surface area contributed by atoms with E-state index in [0.717, 1.165) is 27.2 Å². The average Bonchev–Trinajstić information content (AvgIpc) is 2.88. The Kier molecular flexibility index (Phi) is 3.62. The van der Waals surface area contributed by atoms with Crippen LogP contribution in [0.25, 0.3) is 0 Å². The molecule has 0 bridgehead atoms. The first-order valence-electron chi connectivity index (χ1n) is 6.71. The summed E-state index contributed by atoms with van der Waals surface area (Å²) in [4.78, 5) is 0. The van der Waals surface area contributed by atoms with E-state index in [1.54, 1.807) is 4.68 Å². The van der Waals surface area contributed by atoms with Gasteiger partial charge in [-0.3, -0.25) is 0 Å². The zero-order valence-corrected chi connectivity index (χ0v) is 13.6. The van der Waals surface area contributed by atoms with Crippen molar-refractivity contribution in [2.24, 2.45) is 5.73 Å². The largest absolute Gasteiger partial charge is 0.486 e. The van der Waals surface area contributed by atoms with Crippen molar-refractivity contribution in [1.29, 1.82) is 0 Å². The van der Waals surface area contributed by atoms with Gasteiger partial charge in [-0.1, -0.05) is 21.1 Å². The number of hydrogen-bond donors (Lipinski definition) is 1. The highest BCUT2D eigenvalue weighted by molar-refractivity contribution is 9.10. The molecular formula is C14H17BrN4O2. The predicted octanol–water partition coefficient (Wildman–Crippen LogP) is 2.05. The predicted molar refractivity (Wildman–Crippen MR) is 81.5 cm³/mol. The van der Waals surface area contributed by atoms with Gasteiger partial charge < -0.3 is 15.2 Å². The van der Waals surface area contributed by atoms with Crippen LogP contribution in [0.5, 0.6) is 11.5 Å². The van der Waals surface area contributed by atoms with Crippen molar-refractivity contribution < 1.29 is 9.47 Å². The topological polar surface area (TPSA) is 75.2 Å². The fourth-order valence-corrected chi connectivity index (χ4v) is 2.52. The number of nitrogens with two attached hydrogens (primary N) is 1. The van der Waals surface area contributed by atoms with Gasteiger partial charge in [-0.2, -0.15) is 0 Å². The molecule has 0 unspecified atom stereocenters. The van der Waals surface area contributed by atoms with Gasteiger partial charge in [0.2, 0.25) is 0 Å². The number of ether oxygens (including phenoxy) is 2. The van der Waals surface area contributed by atoms with Crippen LogP contribution in [-0.2, 0) is 12.1 Å². The van der Waals surface area contributed by atoms with Crippen molar-refractivity contribution in [3.8, 4) is 11.5 Å². The minimum absolute atomic E-state index is 0.498. The molecule has 1 aliphatic heterocycles. The van der Waals surface area contributed by atoms with E-state index in [1.807, 2.05) is 32.2 Å². The molecule has 0 spiro atoms. The van der Waals surface area contributed by atoms with Gasteiger partial charge in [-0.05, 0) is 31.5 Å². The summed E-state index contributed by atoms with van der Waals surface area (Å²) in [5.41, 5.74) is 7.33. The molecule has 3 rings (SSSR count). The third-order valence-electron chi connectivity index (χ3n) is 3.24. The van der Waals surface area contributed by atoms with Crippen molar-refractivity contribution in [1.82, 2.24) is 15.0 Å². The van der Waals surface area contributed by atoms with Crippen LogP contribution in [0, 0.1) is 0 Å². The number of aromatic nitrogens is 3. The molecule has 0 fully saturated rings. The molecule has 2 heterocycles. The molecular weight excluding hydrogens is 336 g/mol. The fourth-order valence-electron chi connectivity index (χ4n) is 2.07. The van der Waals surface area contributed by atoms with E-state index >= 15 is 0 Å². The number of benzene rings is 1. The van der Waals surface area contributed by atoms with Crippen molar-refractivity contribution in [2.45, 2.75) is 25.9 Å². The van der Waals surface area contributed by atoms with Gasteiger partial charge in [0.25, 0.3) is 0 Å². The van der Waals surface area contributed by atoms with Gasteiger partial charge in [0.1, 0.15) is 18.9 Å². The number of nitrogens with zero attached hydrogens (tertiary/aromatic N) is 3. The maximum atomic E-state index is 6.02. The van der Waals surface area contributed by atoms with Crippen LogP contribution in [0.15, 0.2) is 22.8 Å². The van der Waals surface area contributed by atoms with Crippen LogP contribution in [0.1, 0.15) is 25.1 Å². The Balaban J connectivity index is 1.86. The maximum absolute atomic E-state index is 6.02. The van der Waals surface area contributed by atoms with Gasteiger partial charge in [-0.15, -0.1) is 5.10 Å². The Morgan fingerprint density at radius 2 is 1.95 bits per heavy atom. The highest BCUT2D eigenvalue weighted by atomic mass is 79.9. The maximum Gasteiger partial charge on any atom is 0.162 e. The number of fused-ring (bicyclic) bond motifs is 1. The summed E-state index contributed by atoms with van der Waals surface area (Å²) in [6.07, 6.45) is 1.86. The Morgan fingerprint density at radius 3 is 2.57 bits per heavy atom. The first kappa shape index (κ1) is 14.3. The summed E-state index contributed by atoms with van der Waals surface area (Å²) in [6, 6.07) is 3.89. The molecule has 7 heteroatoms. The van der Waals surface area contributed by atoms with E-state index in [1.165, 1.54) is 0 Å². The molecule has 1 aliphatic rings. The Morgan fingerprint density at radius 1 is 1.29 bits per heavy atom. The van der Waals surface area contributed by atoms with E-state index < -0.39 is 5.54 Å². The third-order valence-corrected chi connectivity index (χ3v) is 3.98. The van der Waals surface area contributed by atoms with Gasteiger partial charge in [-0.25, -0.2) is 4.68 Å². The van der Waals surface area contributed by atoms with Gasteiger partial charge in [0.15, 0.2) is 11.5 Å². The zero-order chi connectivity index (χ0) is 15.0. The van der Waals surface area contributed by atoms with Gasteiger partial charge in [0, 0.05) is 4.47 Å². The Labute approximate surface area is 131 Å². The quantitative estimate of drug-likeness (QED) is 0.914. The first-order chi connectivity index (χ1) is 9.93. The zero-order valence-electron chi connectivity index (χ0n) is 12.0. The van der Waals surface area contributed by atoms with E-state index in [4.69, 9.17) is 15.2 Å². The smallest absolute Gasteiger partial charge is 0.162 e. The van der Waals surface area contributed by atoms with E-state index in [0.29, 0.717) is 19.8 Å². The summed E-state index contributed by atoms with van der Waals surface area (Å²) in [6.45, 7) is 5.54. The third kappa shape index (κ3) is 3.03. The highest BCUT2D eigenvalue weighted by Crippen LogP contribution is 2.35. The molecule has 112 valence electrons. The van der Waals surface area contributed by atoms with E-state index in [2.05, 4.69) is 26.2 Å². The van der Waals surface area contributed by atoms with Crippen molar-refractivity contribution in [2.75, 3.05) is 13.2 Å². The second-order valence-electron chi connectivity index (χ2n) is 5.61. The molecule has 2 N–H and O–H groups in total. The van der Waals surface area contributed by atoms with Crippen LogP contribution in [0.3, 0.4) is 0 Å². The second-order valence-corrected chi connectivity index (χ2v) is 6.46. The summed E-state index contributed by atoms with van der Waals surface area (Å²) in [5.74, 6) is 1.53. The standard InChI is InChI=1S/C14H17BrN4O2/c1-14(2,16)13-8-19(18-17-13)7-9-5-11-12(6-10(9)15)21-4-3-20-11/h5-6,8H,3-4,7,16H2,1-2H3. The molecule has 1 aromatic carbocycles. The molecule has 0 amide bonds. The first-order valence-corrected chi connectivity index (χ1v) is 7.50. The minimum atomic E-state index is -0.498. The molecule has 0 aliphatic carbocycles.